The van der Waals surface area contributed by atoms with Crippen LogP contribution in [-0.4, -0.2) is 48.9 Å². The average molecular weight is 503 g/mol. The summed E-state index contributed by atoms with van der Waals surface area (Å²) in [7, 11) is 2.17. The number of aldehydes is 1. The third kappa shape index (κ3) is 8.03. The molecular formula is C32H42N2O3. The molecule has 1 aromatic heterocycles. The maximum atomic E-state index is 12.2. The van der Waals surface area contributed by atoms with E-state index in [1.165, 1.54) is 55.5 Å². The van der Waals surface area contributed by atoms with E-state index in [-0.39, 0.29) is 0 Å². The van der Waals surface area contributed by atoms with E-state index in [1.807, 2.05) is 37.3 Å². The van der Waals surface area contributed by atoms with E-state index in [9.17, 15) is 9.59 Å². The summed E-state index contributed by atoms with van der Waals surface area (Å²) in [4.78, 5) is 38.1. The molecular weight excluding hydrogens is 460 g/mol. The minimum Gasteiger partial charge on any atom is -0.307 e. The molecule has 5 heteroatoms. The van der Waals surface area contributed by atoms with Crippen LogP contribution in [0.2, 0.25) is 0 Å². The molecule has 2 aliphatic carbocycles. The first-order valence-corrected chi connectivity index (χ1v) is 13.8. The van der Waals surface area contributed by atoms with Crippen molar-refractivity contribution in [1.29, 1.82) is 0 Å². The lowest BCUT2D eigenvalue weighted by Crippen LogP contribution is -2.22. The summed E-state index contributed by atoms with van der Waals surface area (Å²) in [5.41, 5.74) is 6.87. The van der Waals surface area contributed by atoms with Gasteiger partial charge in [0.25, 0.3) is 0 Å². The number of hydrogen-bond donors (Lipinski definition) is 0. The van der Waals surface area contributed by atoms with Crippen molar-refractivity contribution in [2.24, 2.45) is 11.8 Å². The monoisotopic (exact) mass is 502 g/mol. The number of carbonyl (C=O) groups excluding carboxylic acids is 3. The smallest absolute Gasteiger partial charge is 0.150 e. The zero-order valence-corrected chi connectivity index (χ0v) is 22.6. The van der Waals surface area contributed by atoms with Crippen LogP contribution >= 0.6 is 0 Å². The van der Waals surface area contributed by atoms with Crippen LogP contribution in [-0.2, 0) is 16.0 Å². The highest BCUT2D eigenvalue weighted by molar-refractivity contribution is 5.82. The summed E-state index contributed by atoms with van der Waals surface area (Å²) >= 11 is 0. The van der Waals surface area contributed by atoms with Crippen LogP contribution in [0.1, 0.15) is 86.3 Å². The van der Waals surface area contributed by atoms with Gasteiger partial charge in [-0.25, -0.2) is 0 Å². The van der Waals surface area contributed by atoms with Crippen LogP contribution in [0.3, 0.4) is 0 Å². The van der Waals surface area contributed by atoms with Crippen molar-refractivity contribution in [1.82, 2.24) is 9.88 Å². The Hall–Kier alpha value is -2.92. The van der Waals surface area contributed by atoms with Gasteiger partial charge in [0.05, 0.1) is 5.69 Å². The fourth-order valence-corrected chi connectivity index (χ4v) is 5.80. The number of carbonyl (C=O) groups is 3. The molecule has 1 saturated heterocycles. The van der Waals surface area contributed by atoms with Gasteiger partial charge in [-0.05, 0) is 94.6 Å². The van der Waals surface area contributed by atoms with E-state index in [4.69, 9.17) is 4.79 Å². The number of allylic oxidation sites excluding steroid dienone is 1. The second kappa shape index (κ2) is 14.7. The number of rotatable bonds is 7. The summed E-state index contributed by atoms with van der Waals surface area (Å²) in [5.74, 6) is 1.48. The standard InChI is InChI=1S/C26H29NO2.C5H11N.CH2O/c1-2-3-26(29)22-10-4-18(5-11-22)14-20-15-24-23(12-13-27-25(24)16-20)21-8-6-19(17-28)7-9-21;1-6-4-2-3-5-6;1-2/h6-9,12-13,15,17-18,22H,2-5,10-11,14,16H2,1H3;2-5H2,1H3;1H2. The Kier molecular flexibility index (Phi) is 11.4. The van der Waals surface area contributed by atoms with Gasteiger partial charge in [0.15, 0.2) is 0 Å². The minimum atomic E-state index is 0.309. The third-order valence-corrected chi connectivity index (χ3v) is 7.85. The number of benzene rings is 1. The van der Waals surface area contributed by atoms with Gasteiger partial charge in [-0.3, -0.25) is 14.6 Å². The van der Waals surface area contributed by atoms with Gasteiger partial charge in [0.2, 0.25) is 0 Å². The normalized spacial score (nSPS) is 20.5. The average Bonchev–Trinajstić information content (AvgIpc) is 3.59. The lowest BCUT2D eigenvalue weighted by atomic mass is 9.77. The molecule has 0 spiro atoms. The quantitative estimate of drug-likeness (QED) is 0.399. The summed E-state index contributed by atoms with van der Waals surface area (Å²) < 4.78 is 0. The molecule has 0 atom stereocenters. The van der Waals surface area contributed by atoms with E-state index < -0.39 is 0 Å². The van der Waals surface area contributed by atoms with Crippen molar-refractivity contribution in [2.75, 3.05) is 20.1 Å². The summed E-state index contributed by atoms with van der Waals surface area (Å²) in [6.07, 6.45) is 16.2. The van der Waals surface area contributed by atoms with Crippen LogP contribution in [0.15, 0.2) is 42.1 Å². The van der Waals surface area contributed by atoms with E-state index in [0.717, 1.165) is 56.1 Å². The number of nitrogens with zero attached hydrogens (tertiary/aromatic N) is 2. The zero-order valence-electron chi connectivity index (χ0n) is 22.6. The molecule has 0 bridgehead atoms. The van der Waals surface area contributed by atoms with Gasteiger partial charge < -0.3 is 9.69 Å². The largest absolute Gasteiger partial charge is 0.307 e. The molecule has 0 amide bonds. The maximum absolute atomic E-state index is 12.2. The van der Waals surface area contributed by atoms with Crippen molar-refractivity contribution >= 4 is 24.9 Å². The summed E-state index contributed by atoms with van der Waals surface area (Å²) in [6.45, 7) is 6.73. The number of aromatic nitrogens is 1. The van der Waals surface area contributed by atoms with E-state index >= 15 is 0 Å². The molecule has 2 aromatic rings. The van der Waals surface area contributed by atoms with E-state index in [2.05, 4.69) is 36.0 Å². The first-order valence-electron chi connectivity index (χ1n) is 13.8. The topological polar surface area (TPSA) is 67.3 Å². The lowest BCUT2D eigenvalue weighted by molar-refractivity contribution is -0.124. The molecule has 198 valence electrons. The van der Waals surface area contributed by atoms with E-state index in [1.54, 1.807) is 0 Å². The van der Waals surface area contributed by atoms with Gasteiger partial charge in [-0.1, -0.05) is 42.8 Å². The number of Topliss-reactive ketones (excluding diaryl/α,β-unsaturated/α-hetero) is 1. The molecule has 37 heavy (non-hydrogen) atoms. The number of pyridine rings is 1. The Morgan fingerprint density at radius 3 is 2.30 bits per heavy atom. The SMILES string of the molecule is C=O.CCCC(=O)C1CCC(CC2=Cc3c(-c4ccc(C=O)cc4)ccnc3C2)CC1.CN1CCCC1. The summed E-state index contributed by atoms with van der Waals surface area (Å²) in [6, 6.07) is 9.83. The molecule has 1 aromatic carbocycles. The van der Waals surface area contributed by atoms with Crippen molar-refractivity contribution in [3.63, 3.8) is 0 Å². The van der Waals surface area contributed by atoms with Crippen molar-refractivity contribution < 1.29 is 14.4 Å². The minimum absolute atomic E-state index is 0.309. The first kappa shape index (κ1) is 28.6. The fourth-order valence-electron chi connectivity index (χ4n) is 5.80. The molecule has 3 aliphatic rings. The highest BCUT2D eigenvalue weighted by Crippen LogP contribution is 2.39. The summed E-state index contributed by atoms with van der Waals surface area (Å²) in [5, 5.41) is 0. The molecule has 5 rings (SSSR count). The Labute approximate surface area is 222 Å². The highest BCUT2D eigenvalue weighted by atomic mass is 16.1. The molecule has 1 aliphatic heterocycles. The second-order valence-corrected chi connectivity index (χ2v) is 10.6. The first-order chi connectivity index (χ1) is 18.1. The Morgan fingerprint density at radius 1 is 1.05 bits per heavy atom. The van der Waals surface area contributed by atoms with Crippen LogP contribution < -0.4 is 0 Å². The molecule has 1 saturated carbocycles. The van der Waals surface area contributed by atoms with Gasteiger partial charge in [-0.2, -0.15) is 0 Å². The predicted molar refractivity (Wildman–Crippen MR) is 151 cm³/mol. The van der Waals surface area contributed by atoms with Crippen LogP contribution in [0.4, 0.5) is 0 Å². The van der Waals surface area contributed by atoms with Gasteiger partial charge in [0.1, 0.15) is 18.9 Å². The van der Waals surface area contributed by atoms with Crippen molar-refractivity contribution in [2.45, 2.75) is 71.1 Å². The Morgan fingerprint density at radius 2 is 1.73 bits per heavy atom. The maximum Gasteiger partial charge on any atom is 0.150 e. The number of likely N-dealkylation sites (tertiary alicyclic amines) is 1. The molecule has 0 unspecified atom stereocenters. The fraction of sp³-hybridized carbons (Fsp3) is 0.500. The van der Waals surface area contributed by atoms with Crippen LogP contribution in [0.25, 0.3) is 17.2 Å². The second-order valence-electron chi connectivity index (χ2n) is 10.6. The van der Waals surface area contributed by atoms with Crippen molar-refractivity contribution in [3.8, 4) is 11.1 Å². The van der Waals surface area contributed by atoms with Crippen LogP contribution in [0.5, 0.6) is 0 Å². The molecule has 2 fully saturated rings. The zero-order chi connectivity index (χ0) is 26.6. The number of hydrogen-bond acceptors (Lipinski definition) is 5. The molecule has 0 radical (unpaired) electrons. The van der Waals surface area contributed by atoms with Gasteiger partial charge >= 0.3 is 0 Å². The Bertz CT molecular complexity index is 1050. The molecule has 0 N–H and O–H groups in total. The van der Waals surface area contributed by atoms with Crippen LogP contribution in [0, 0.1) is 11.8 Å². The van der Waals surface area contributed by atoms with Crippen molar-refractivity contribution in [3.05, 3.63) is 58.9 Å². The molecule has 5 nitrogen and oxygen atoms in total. The van der Waals surface area contributed by atoms with Gasteiger partial charge in [0, 0.05) is 36.1 Å². The lowest BCUT2D eigenvalue weighted by Gasteiger charge is -2.28. The number of fused-ring (bicyclic) bond motifs is 1. The third-order valence-electron chi connectivity index (χ3n) is 7.85. The Balaban J connectivity index is 0.000000412. The van der Waals surface area contributed by atoms with Gasteiger partial charge in [-0.15, -0.1) is 0 Å². The predicted octanol–water partition coefficient (Wildman–Crippen LogP) is 6.59. The number of ketones is 1. The molecule has 2 heterocycles. The van der Waals surface area contributed by atoms with E-state index in [0.29, 0.717) is 23.2 Å². The highest BCUT2D eigenvalue weighted by Gasteiger charge is 2.27.